The van der Waals surface area contributed by atoms with E-state index in [9.17, 15) is 0 Å². The number of oxime groups is 1. The fourth-order valence-electron chi connectivity index (χ4n) is 1.44. The Labute approximate surface area is 119 Å². The van der Waals surface area contributed by atoms with Crippen molar-refractivity contribution in [2.45, 2.75) is 19.9 Å². The van der Waals surface area contributed by atoms with Gasteiger partial charge < -0.3 is 20.0 Å². The van der Waals surface area contributed by atoms with Crippen LogP contribution in [0.4, 0.5) is 0 Å². The minimum absolute atomic E-state index is 0.199. The zero-order valence-electron chi connectivity index (χ0n) is 12.0. The van der Waals surface area contributed by atoms with Crippen molar-refractivity contribution in [3.8, 4) is 11.5 Å². The molecule has 0 atom stereocenters. The first kappa shape index (κ1) is 16.0. The fraction of sp³-hybridized carbons (Fsp3) is 0.400. The number of ether oxygens (including phenoxy) is 2. The molecule has 0 aliphatic rings. The third-order valence-corrected chi connectivity index (χ3v) is 2.46. The zero-order chi connectivity index (χ0) is 14.8. The molecule has 20 heavy (non-hydrogen) atoms. The molecule has 1 aromatic carbocycles. The van der Waals surface area contributed by atoms with Gasteiger partial charge in [-0.15, -0.1) is 0 Å². The van der Waals surface area contributed by atoms with E-state index < -0.39 is 0 Å². The van der Waals surface area contributed by atoms with Gasteiger partial charge in [-0.3, -0.25) is 0 Å². The van der Waals surface area contributed by atoms with Crippen LogP contribution in [0.1, 0.15) is 13.8 Å². The van der Waals surface area contributed by atoms with Gasteiger partial charge in [0.25, 0.3) is 0 Å². The van der Waals surface area contributed by atoms with Gasteiger partial charge in [0.2, 0.25) is 0 Å². The van der Waals surface area contributed by atoms with Crippen molar-refractivity contribution >= 4 is 5.71 Å². The standard InChI is InChI=1S/C15H22N2O3/c1-4-9-19-14-7-5-6-8-15(14)20-11-13(17-18)10-16-12(2)3/h4-8,12,16,18H,1,9-11H2,2-3H3/b17-13+. The third-order valence-electron chi connectivity index (χ3n) is 2.46. The number of hydrogen-bond donors (Lipinski definition) is 2. The molecular formula is C15H22N2O3. The van der Waals surface area contributed by atoms with Crippen molar-refractivity contribution in [3.63, 3.8) is 0 Å². The highest BCUT2D eigenvalue weighted by Gasteiger charge is 2.07. The van der Waals surface area contributed by atoms with E-state index in [1.165, 1.54) is 0 Å². The second-order valence-corrected chi connectivity index (χ2v) is 4.54. The molecule has 5 nitrogen and oxygen atoms in total. The van der Waals surface area contributed by atoms with Gasteiger partial charge in [-0.05, 0) is 12.1 Å². The number of rotatable bonds is 9. The van der Waals surface area contributed by atoms with Crippen LogP contribution in [0.5, 0.6) is 11.5 Å². The van der Waals surface area contributed by atoms with Crippen molar-refractivity contribution in [2.24, 2.45) is 5.16 Å². The highest BCUT2D eigenvalue weighted by Crippen LogP contribution is 2.26. The van der Waals surface area contributed by atoms with E-state index in [0.29, 0.717) is 36.4 Å². The Hall–Kier alpha value is -2.01. The lowest BCUT2D eigenvalue weighted by molar-refractivity contribution is 0.294. The first-order valence-corrected chi connectivity index (χ1v) is 6.56. The van der Waals surface area contributed by atoms with Crippen LogP contribution in [-0.4, -0.2) is 36.7 Å². The molecule has 0 fully saturated rings. The summed E-state index contributed by atoms with van der Waals surface area (Å²) in [5.41, 5.74) is 0.525. The molecule has 2 N–H and O–H groups in total. The van der Waals surface area contributed by atoms with E-state index in [0.717, 1.165) is 0 Å². The number of nitrogens with one attached hydrogen (secondary N) is 1. The molecule has 0 saturated carbocycles. The summed E-state index contributed by atoms with van der Waals surface area (Å²) in [7, 11) is 0. The number of hydrogen-bond acceptors (Lipinski definition) is 5. The maximum atomic E-state index is 8.95. The number of para-hydroxylation sites is 2. The minimum Gasteiger partial charge on any atom is -0.486 e. The number of nitrogens with zero attached hydrogens (tertiary/aromatic N) is 1. The smallest absolute Gasteiger partial charge is 0.161 e. The second kappa shape index (κ2) is 8.98. The average Bonchev–Trinajstić information content (AvgIpc) is 2.46. The van der Waals surface area contributed by atoms with Gasteiger partial charge in [-0.2, -0.15) is 0 Å². The average molecular weight is 278 g/mol. The van der Waals surface area contributed by atoms with Crippen LogP contribution in [0.2, 0.25) is 0 Å². The summed E-state index contributed by atoms with van der Waals surface area (Å²) in [6.07, 6.45) is 1.67. The molecule has 1 rings (SSSR count). The van der Waals surface area contributed by atoms with Gasteiger partial charge >= 0.3 is 0 Å². The Morgan fingerprint density at radius 3 is 2.55 bits per heavy atom. The van der Waals surface area contributed by atoms with E-state index in [1.54, 1.807) is 6.08 Å². The first-order chi connectivity index (χ1) is 9.67. The van der Waals surface area contributed by atoms with Crippen molar-refractivity contribution in [2.75, 3.05) is 19.8 Å². The van der Waals surface area contributed by atoms with Crippen LogP contribution >= 0.6 is 0 Å². The normalized spacial score (nSPS) is 11.4. The Kier molecular flexibility index (Phi) is 7.21. The van der Waals surface area contributed by atoms with Crippen molar-refractivity contribution < 1.29 is 14.7 Å². The fourth-order valence-corrected chi connectivity index (χ4v) is 1.44. The van der Waals surface area contributed by atoms with E-state index in [2.05, 4.69) is 17.1 Å². The Morgan fingerprint density at radius 2 is 2.00 bits per heavy atom. The molecule has 0 spiro atoms. The van der Waals surface area contributed by atoms with Crippen LogP contribution in [0.3, 0.4) is 0 Å². The molecule has 0 aliphatic carbocycles. The zero-order valence-corrected chi connectivity index (χ0v) is 12.0. The molecule has 110 valence electrons. The van der Waals surface area contributed by atoms with E-state index in [4.69, 9.17) is 14.7 Å². The molecular weight excluding hydrogens is 256 g/mol. The van der Waals surface area contributed by atoms with Gasteiger partial charge in [0.05, 0.1) is 0 Å². The Morgan fingerprint density at radius 1 is 1.35 bits per heavy atom. The molecule has 0 unspecified atom stereocenters. The molecule has 0 aliphatic heterocycles. The summed E-state index contributed by atoms with van der Waals surface area (Å²) < 4.78 is 11.1. The van der Waals surface area contributed by atoms with E-state index >= 15 is 0 Å². The van der Waals surface area contributed by atoms with Gasteiger partial charge in [0.15, 0.2) is 11.5 Å². The molecule has 0 saturated heterocycles. The molecule has 0 bridgehead atoms. The highest BCUT2D eigenvalue weighted by atomic mass is 16.5. The first-order valence-electron chi connectivity index (χ1n) is 6.56. The molecule has 1 aromatic rings. The summed E-state index contributed by atoms with van der Waals surface area (Å²) in [5, 5.41) is 15.4. The van der Waals surface area contributed by atoms with Crippen LogP contribution < -0.4 is 14.8 Å². The Bertz CT molecular complexity index is 444. The van der Waals surface area contributed by atoms with Crippen LogP contribution in [0, 0.1) is 0 Å². The number of benzene rings is 1. The molecule has 0 heterocycles. The summed E-state index contributed by atoms with van der Waals surface area (Å²) in [5.74, 6) is 1.25. The lowest BCUT2D eigenvalue weighted by Crippen LogP contribution is -2.32. The van der Waals surface area contributed by atoms with Crippen molar-refractivity contribution in [1.29, 1.82) is 0 Å². The SMILES string of the molecule is C=CCOc1ccccc1OC/C(CNC(C)C)=N/O. The summed E-state index contributed by atoms with van der Waals surface area (Å²) in [6.45, 7) is 8.74. The molecule has 0 radical (unpaired) electrons. The quantitative estimate of drug-likeness (QED) is 0.315. The lowest BCUT2D eigenvalue weighted by atomic mass is 10.3. The van der Waals surface area contributed by atoms with Gasteiger partial charge in [-0.1, -0.05) is 43.8 Å². The predicted octanol–water partition coefficient (Wildman–Crippen LogP) is 2.46. The van der Waals surface area contributed by atoms with Crippen molar-refractivity contribution in [3.05, 3.63) is 36.9 Å². The van der Waals surface area contributed by atoms with E-state index in [1.807, 2.05) is 38.1 Å². The maximum absolute atomic E-state index is 8.95. The van der Waals surface area contributed by atoms with Crippen LogP contribution in [0.15, 0.2) is 42.1 Å². The van der Waals surface area contributed by atoms with Gasteiger partial charge in [-0.25, -0.2) is 0 Å². The minimum atomic E-state index is 0.199. The van der Waals surface area contributed by atoms with Gasteiger partial charge in [0, 0.05) is 12.6 Å². The highest BCUT2D eigenvalue weighted by molar-refractivity contribution is 5.87. The second-order valence-electron chi connectivity index (χ2n) is 4.54. The Balaban J connectivity index is 2.57. The van der Waals surface area contributed by atoms with E-state index in [-0.39, 0.29) is 6.61 Å². The van der Waals surface area contributed by atoms with Crippen molar-refractivity contribution in [1.82, 2.24) is 5.32 Å². The summed E-state index contributed by atoms with van der Waals surface area (Å²) >= 11 is 0. The lowest BCUT2D eigenvalue weighted by Gasteiger charge is -2.13. The summed E-state index contributed by atoms with van der Waals surface area (Å²) in [6, 6.07) is 7.67. The molecule has 5 heteroatoms. The maximum Gasteiger partial charge on any atom is 0.161 e. The predicted molar refractivity (Wildman–Crippen MR) is 80.0 cm³/mol. The largest absolute Gasteiger partial charge is 0.486 e. The molecule has 0 aromatic heterocycles. The topological polar surface area (TPSA) is 63.1 Å². The summed E-state index contributed by atoms with van der Waals surface area (Å²) in [4.78, 5) is 0. The monoisotopic (exact) mass is 278 g/mol. The van der Waals surface area contributed by atoms with Gasteiger partial charge in [0.1, 0.15) is 18.9 Å². The third kappa shape index (κ3) is 5.75. The molecule has 0 amide bonds. The van der Waals surface area contributed by atoms with Crippen LogP contribution in [-0.2, 0) is 0 Å². The van der Waals surface area contributed by atoms with Crippen LogP contribution in [0.25, 0.3) is 0 Å².